The average Bonchev–Trinajstić information content (AvgIpc) is 3.71. The van der Waals surface area contributed by atoms with Gasteiger partial charge in [0.15, 0.2) is 0 Å². The maximum absolute atomic E-state index is 2.51. The van der Waals surface area contributed by atoms with E-state index in [1.807, 2.05) is 0 Å². The third kappa shape index (κ3) is 5.57. The maximum Gasteiger partial charge on any atom is 0.0714 e. The molecule has 0 fully saturated rings. The van der Waals surface area contributed by atoms with Crippen LogP contribution < -0.4 is 4.90 Å². The highest BCUT2D eigenvalue weighted by molar-refractivity contribution is 6.26. The standard InChI is InChI=1S/C67H43N/c1-3-19-44(20-4-1)67(45-21-5-2-6-22-45)65-34-18-17-33-61(65)62-40-37-48(43-66(62)67)68(47-36-39-60-56-30-12-10-26-52(56)54-28-14-16-32-58(54)64(60)42-47)46-35-38-59-55-29-11-9-25-51(55)49-23-7-8-24-50(49)53-27-13-15-31-57(53)63(59)41-46/h1-43H. The molecular formula is C67H43N. The minimum atomic E-state index is -0.545. The number of benzene rings is 12. The van der Waals surface area contributed by atoms with Gasteiger partial charge >= 0.3 is 0 Å². The minimum Gasteiger partial charge on any atom is -0.310 e. The highest BCUT2D eigenvalue weighted by Gasteiger charge is 2.46. The summed E-state index contributed by atoms with van der Waals surface area (Å²) in [7, 11) is 0. The Morgan fingerprint density at radius 1 is 0.206 bits per heavy atom. The number of nitrogens with zero attached hydrogens (tertiary/aromatic N) is 1. The predicted molar refractivity (Wildman–Crippen MR) is 286 cm³/mol. The van der Waals surface area contributed by atoms with Gasteiger partial charge in [-0.25, -0.2) is 0 Å². The molecule has 0 heterocycles. The average molecular weight is 862 g/mol. The van der Waals surface area contributed by atoms with Gasteiger partial charge < -0.3 is 4.90 Å². The molecule has 0 bridgehead atoms. The molecule has 1 nitrogen and oxygen atoms in total. The number of fused-ring (bicyclic) bond motifs is 17. The fourth-order valence-electron chi connectivity index (χ4n) is 12.0. The van der Waals surface area contributed by atoms with Gasteiger partial charge in [0.05, 0.1) is 5.41 Å². The van der Waals surface area contributed by atoms with Gasteiger partial charge in [0.25, 0.3) is 0 Å². The smallest absolute Gasteiger partial charge is 0.0714 e. The van der Waals surface area contributed by atoms with Gasteiger partial charge in [-0.15, -0.1) is 0 Å². The summed E-state index contributed by atoms with van der Waals surface area (Å²) in [4.78, 5) is 2.51. The lowest BCUT2D eigenvalue weighted by Crippen LogP contribution is -2.28. The molecule has 0 unspecified atom stereocenters. The zero-order chi connectivity index (χ0) is 44.8. The van der Waals surface area contributed by atoms with E-state index in [0.29, 0.717) is 0 Å². The van der Waals surface area contributed by atoms with Crippen molar-refractivity contribution in [3.8, 4) is 55.6 Å². The number of hydrogen-bond acceptors (Lipinski definition) is 1. The molecule has 0 N–H and O–H groups in total. The van der Waals surface area contributed by atoms with Crippen LogP contribution in [0.5, 0.6) is 0 Å². The lowest BCUT2D eigenvalue weighted by atomic mass is 9.67. The Labute approximate surface area is 396 Å². The van der Waals surface area contributed by atoms with Gasteiger partial charge in [-0.1, -0.05) is 224 Å². The molecule has 0 saturated carbocycles. The molecule has 12 aromatic carbocycles. The zero-order valence-corrected chi connectivity index (χ0v) is 37.3. The van der Waals surface area contributed by atoms with Crippen molar-refractivity contribution in [3.63, 3.8) is 0 Å². The highest BCUT2D eigenvalue weighted by Crippen LogP contribution is 2.58. The molecular weight excluding hydrogens is 819 g/mol. The SMILES string of the molecule is c1ccc(C2(c3ccccc3)c3ccccc3-c3ccc(N(c4ccc5c(c4)-c4ccccc4-c4ccccc4-c4ccccc4-5)c4ccc5c6ccccc6c6ccccc6c5c4)cc32)cc1. The third-order valence-electron chi connectivity index (χ3n) is 14.9. The van der Waals surface area contributed by atoms with Crippen molar-refractivity contribution in [1.29, 1.82) is 0 Å². The summed E-state index contributed by atoms with van der Waals surface area (Å²) in [6, 6.07) is 97.3. The van der Waals surface area contributed by atoms with E-state index in [-0.39, 0.29) is 0 Å². The van der Waals surface area contributed by atoms with Gasteiger partial charge in [-0.2, -0.15) is 0 Å². The van der Waals surface area contributed by atoms with E-state index < -0.39 is 5.41 Å². The number of anilines is 3. The molecule has 2 aliphatic carbocycles. The topological polar surface area (TPSA) is 3.24 Å². The molecule has 2 aliphatic rings. The Hall–Kier alpha value is -8.78. The van der Waals surface area contributed by atoms with E-state index in [1.54, 1.807) is 0 Å². The van der Waals surface area contributed by atoms with Gasteiger partial charge in [-0.05, 0) is 147 Å². The second-order valence-electron chi connectivity index (χ2n) is 18.3. The monoisotopic (exact) mass is 861 g/mol. The van der Waals surface area contributed by atoms with Crippen LogP contribution in [0.4, 0.5) is 17.1 Å². The van der Waals surface area contributed by atoms with Crippen molar-refractivity contribution >= 4 is 49.4 Å². The van der Waals surface area contributed by atoms with Gasteiger partial charge in [0.2, 0.25) is 0 Å². The Morgan fingerprint density at radius 2 is 0.544 bits per heavy atom. The second-order valence-corrected chi connectivity index (χ2v) is 18.3. The van der Waals surface area contributed by atoms with Crippen molar-refractivity contribution in [2.45, 2.75) is 5.41 Å². The molecule has 0 spiro atoms. The zero-order valence-electron chi connectivity index (χ0n) is 37.3. The van der Waals surface area contributed by atoms with Crippen LogP contribution in [-0.4, -0.2) is 0 Å². The first-order valence-corrected chi connectivity index (χ1v) is 23.7. The van der Waals surface area contributed by atoms with Crippen LogP contribution in [0.25, 0.3) is 88.0 Å². The fourth-order valence-corrected chi connectivity index (χ4v) is 12.0. The van der Waals surface area contributed by atoms with Crippen LogP contribution in [-0.2, 0) is 5.41 Å². The third-order valence-corrected chi connectivity index (χ3v) is 14.9. The largest absolute Gasteiger partial charge is 0.310 e. The molecule has 0 radical (unpaired) electrons. The summed E-state index contributed by atoms with van der Waals surface area (Å²) in [6.45, 7) is 0. The lowest BCUT2D eigenvalue weighted by Gasteiger charge is -2.35. The Bertz CT molecular complexity index is 3900. The number of rotatable bonds is 5. The van der Waals surface area contributed by atoms with Crippen molar-refractivity contribution in [2.75, 3.05) is 4.90 Å². The second kappa shape index (κ2) is 15.1. The van der Waals surface area contributed by atoms with Crippen molar-refractivity contribution in [2.24, 2.45) is 0 Å². The van der Waals surface area contributed by atoms with Crippen molar-refractivity contribution < 1.29 is 0 Å². The highest BCUT2D eigenvalue weighted by atomic mass is 15.1. The predicted octanol–water partition coefficient (Wildman–Crippen LogP) is 18.0. The maximum atomic E-state index is 2.51. The summed E-state index contributed by atoms with van der Waals surface area (Å²) in [6.07, 6.45) is 0. The van der Waals surface area contributed by atoms with Crippen LogP contribution in [0.2, 0.25) is 0 Å². The Balaban J connectivity index is 1.07. The van der Waals surface area contributed by atoms with E-state index in [0.717, 1.165) is 17.1 Å². The van der Waals surface area contributed by atoms with Crippen LogP contribution in [0.15, 0.2) is 261 Å². The Kier molecular flexibility index (Phi) is 8.57. The van der Waals surface area contributed by atoms with Crippen molar-refractivity contribution in [3.05, 3.63) is 283 Å². The first-order chi connectivity index (χ1) is 33.8. The van der Waals surface area contributed by atoms with Gasteiger partial charge in [-0.3, -0.25) is 0 Å². The van der Waals surface area contributed by atoms with E-state index in [1.165, 1.54) is 110 Å². The molecule has 0 saturated heterocycles. The lowest BCUT2D eigenvalue weighted by molar-refractivity contribution is 0.768. The molecule has 0 aromatic heterocycles. The molecule has 1 heteroatoms. The summed E-state index contributed by atoms with van der Waals surface area (Å²) in [5.74, 6) is 0. The quantitative estimate of drug-likeness (QED) is 0.156. The molecule has 12 aromatic rings. The summed E-state index contributed by atoms with van der Waals surface area (Å²) < 4.78 is 0. The fraction of sp³-hybridized carbons (Fsp3) is 0.0149. The molecule has 0 aliphatic heterocycles. The van der Waals surface area contributed by atoms with E-state index in [2.05, 4.69) is 266 Å². The van der Waals surface area contributed by atoms with E-state index >= 15 is 0 Å². The van der Waals surface area contributed by atoms with Crippen molar-refractivity contribution in [1.82, 2.24) is 0 Å². The normalized spacial score (nSPS) is 12.8. The van der Waals surface area contributed by atoms with Crippen LogP contribution in [0.3, 0.4) is 0 Å². The van der Waals surface area contributed by atoms with Crippen LogP contribution >= 0.6 is 0 Å². The first-order valence-electron chi connectivity index (χ1n) is 23.7. The first kappa shape index (κ1) is 38.5. The molecule has 316 valence electrons. The van der Waals surface area contributed by atoms with Crippen LogP contribution in [0.1, 0.15) is 22.3 Å². The van der Waals surface area contributed by atoms with Gasteiger partial charge in [0, 0.05) is 17.1 Å². The summed E-state index contributed by atoms with van der Waals surface area (Å²) in [5.41, 5.74) is 20.2. The molecule has 68 heavy (non-hydrogen) atoms. The van der Waals surface area contributed by atoms with E-state index in [9.17, 15) is 0 Å². The molecule has 0 atom stereocenters. The molecule has 14 rings (SSSR count). The number of hydrogen-bond donors (Lipinski definition) is 0. The van der Waals surface area contributed by atoms with Gasteiger partial charge in [0.1, 0.15) is 0 Å². The van der Waals surface area contributed by atoms with Crippen LogP contribution in [0, 0.1) is 0 Å². The minimum absolute atomic E-state index is 0.545. The summed E-state index contributed by atoms with van der Waals surface area (Å²) in [5, 5.41) is 7.55. The Morgan fingerprint density at radius 3 is 1.07 bits per heavy atom. The van der Waals surface area contributed by atoms with E-state index in [4.69, 9.17) is 0 Å². The molecule has 0 amide bonds. The summed E-state index contributed by atoms with van der Waals surface area (Å²) >= 11 is 0.